The summed E-state index contributed by atoms with van der Waals surface area (Å²) in [6.45, 7) is 11.7. The predicted octanol–water partition coefficient (Wildman–Crippen LogP) is 3.41. The lowest BCUT2D eigenvalue weighted by molar-refractivity contribution is -0.0837. The number of benzene rings is 1. The third kappa shape index (κ3) is 5.34. The molecule has 33 heavy (non-hydrogen) atoms. The summed E-state index contributed by atoms with van der Waals surface area (Å²) in [5.41, 5.74) is -1.04. The maximum absolute atomic E-state index is 15.8. The van der Waals surface area contributed by atoms with E-state index in [-0.39, 0.29) is 5.04 Å². The van der Waals surface area contributed by atoms with Gasteiger partial charge in [0, 0.05) is 12.3 Å². The molecule has 0 bridgehead atoms. The number of alkyl halides is 1. The summed E-state index contributed by atoms with van der Waals surface area (Å²) in [6.07, 6.45) is -4.80. The quantitative estimate of drug-likeness (QED) is 0.505. The van der Waals surface area contributed by atoms with Crippen LogP contribution in [0.2, 0.25) is 18.1 Å². The molecular weight excluding hydrogens is 447 g/mol. The van der Waals surface area contributed by atoms with E-state index in [4.69, 9.17) is 13.9 Å². The van der Waals surface area contributed by atoms with E-state index in [2.05, 4.69) is 4.98 Å². The molecule has 180 valence electrons. The molecule has 1 saturated heterocycles. The lowest BCUT2D eigenvalue weighted by atomic mass is 10.1. The monoisotopic (exact) mass is 478 g/mol. The topological polar surface area (TPSA) is 99.6 Å². The van der Waals surface area contributed by atoms with Gasteiger partial charge in [0.1, 0.15) is 18.3 Å². The molecule has 1 N–H and O–H groups in total. The van der Waals surface area contributed by atoms with E-state index in [1.54, 1.807) is 37.3 Å². The first-order chi connectivity index (χ1) is 15.3. The average Bonchev–Trinajstić information content (AvgIpc) is 3.03. The summed E-state index contributed by atoms with van der Waals surface area (Å²) < 4.78 is 34.7. The van der Waals surface area contributed by atoms with Gasteiger partial charge >= 0.3 is 11.7 Å². The molecule has 1 fully saturated rings. The number of hydrogen-bond acceptors (Lipinski definition) is 6. The minimum absolute atomic E-state index is 0.214. The van der Waals surface area contributed by atoms with Crippen LogP contribution in [0.1, 0.15) is 44.3 Å². The van der Waals surface area contributed by atoms with Crippen molar-refractivity contribution in [3.63, 3.8) is 0 Å². The number of carbonyl (C=O) groups is 1. The van der Waals surface area contributed by atoms with Gasteiger partial charge in [-0.15, -0.1) is 0 Å². The zero-order valence-corrected chi connectivity index (χ0v) is 20.7. The van der Waals surface area contributed by atoms with Gasteiger partial charge in [-0.05, 0) is 37.2 Å². The average molecular weight is 479 g/mol. The molecule has 0 spiro atoms. The minimum Gasteiger partial charge on any atom is -0.456 e. The highest BCUT2D eigenvalue weighted by molar-refractivity contribution is 6.74. The molecule has 0 radical (unpaired) electrons. The van der Waals surface area contributed by atoms with E-state index in [1.165, 1.54) is 6.20 Å². The molecule has 0 amide bonds. The number of aromatic nitrogens is 2. The number of esters is 1. The first kappa shape index (κ1) is 25.1. The van der Waals surface area contributed by atoms with Crippen molar-refractivity contribution in [1.82, 2.24) is 9.55 Å². The summed E-state index contributed by atoms with van der Waals surface area (Å²) in [5, 5.41) is -0.214. The highest BCUT2D eigenvalue weighted by atomic mass is 28.4. The third-order valence-electron chi connectivity index (χ3n) is 6.33. The van der Waals surface area contributed by atoms with Gasteiger partial charge in [0.2, 0.25) is 0 Å². The summed E-state index contributed by atoms with van der Waals surface area (Å²) in [6, 6.07) is 9.57. The fourth-order valence-electron chi connectivity index (χ4n) is 3.41. The zero-order valence-electron chi connectivity index (χ0n) is 19.7. The molecule has 1 aromatic carbocycles. The Morgan fingerprint density at radius 1 is 1.18 bits per heavy atom. The van der Waals surface area contributed by atoms with E-state index in [9.17, 15) is 14.4 Å². The van der Waals surface area contributed by atoms with E-state index in [0.717, 1.165) is 10.6 Å². The SMILES string of the molecule is C[C@@H](OC(=O)c1ccccc1)C1O[C@@H](n2ccc(=O)[nH]c2=O)[C@H](F)[C@@H]1O[Si](C)(C)C(C)(C)C. The predicted molar refractivity (Wildman–Crippen MR) is 124 cm³/mol. The Kier molecular flexibility index (Phi) is 7.11. The van der Waals surface area contributed by atoms with Crippen molar-refractivity contribution in [1.29, 1.82) is 0 Å². The molecule has 2 heterocycles. The normalized spacial score (nSPS) is 24.5. The number of nitrogens with one attached hydrogen (secondary N) is 1. The summed E-state index contributed by atoms with van der Waals surface area (Å²) in [5.74, 6) is -0.571. The molecule has 0 aliphatic carbocycles. The van der Waals surface area contributed by atoms with E-state index in [0.29, 0.717) is 5.56 Å². The maximum atomic E-state index is 15.8. The number of aromatic amines is 1. The smallest absolute Gasteiger partial charge is 0.338 e. The second-order valence-corrected chi connectivity index (χ2v) is 14.5. The molecule has 1 unspecified atom stereocenters. The molecule has 10 heteroatoms. The van der Waals surface area contributed by atoms with E-state index < -0.39 is 56.2 Å². The highest BCUT2D eigenvalue weighted by Crippen LogP contribution is 2.42. The van der Waals surface area contributed by atoms with Crippen LogP contribution in [0.3, 0.4) is 0 Å². The van der Waals surface area contributed by atoms with E-state index >= 15 is 4.39 Å². The highest BCUT2D eigenvalue weighted by Gasteiger charge is 2.53. The van der Waals surface area contributed by atoms with E-state index in [1.807, 2.05) is 33.9 Å². The van der Waals surface area contributed by atoms with Crippen LogP contribution in [0.5, 0.6) is 0 Å². The number of H-pyrrole nitrogens is 1. The van der Waals surface area contributed by atoms with Crippen molar-refractivity contribution in [3.05, 3.63) is 69.0 Å². The fourth-order valence-corrected chi connectivity index (χ4v) is 4.71. The first-order valence-electron chi connectivity index (χ1n) is 10.9. The van der Waals surface area contributed by atoms with Crippen molar-refractivity contribution in [2.45, 2.75) is 76.5 Å². The van der Waals surface area contributed by atoms with Gasteiger partial charge in [0.05, 0.1) is 5.56 Å². The van der Waals surface area contributed by atoms with Crippen LogP contribution >= 0.6 is 0 Å². The van der Waals surface area contributed by atoms with Crippen molar-refractivity contribution >= 4 is 14.3 Å². The molecule has 1 aromatic heterocycles. The number of ether oxygens (including phenoxy) is 2. The third-order valence-corrected chi connectivity index (χ3v) is 10.8. The van der Waals surface area contributed by atoms with Crippen molar-refractivity contribution < 1.29 is 23.1 Å². The van der Waals surface area contributed by atoms with Gasteiger partial charge in [0.25, 0.3) is 5.56 Å². The van der Waals surface area contributed by atoms with Crippen LogP contribution in [-0.4, -0.2) is 48.3 Å². The van der Waals surface area contributed by atoms with Crippen LogP contribution < -0.4 is 11.2 Å². The number of hydrogen-bond donors (Lipinski definition) is 1. The minimum atomic E-state index is -2.46. The van der Waals surface area contributed by atoms with Crippen LogP contribution in [0.15, 0.2) is 52.2 Å². The summed E-state index contributed by atoms with van der Waals surface area (Å²) in [7, 11) is -2.46. The molecule has 2 aromatic rings. The Bertz CT molecular complexity index is 1090. The van der Waals surface area contributed by atoms with Crippen molar-refractivity contribution in [3.8, 4) is 0 Å². The molecule has 1 aliphatic rings. The Hall–Kier alpha value is -2.56. The fraction of sp³-hybridized carbons (Fsp3) is 0.522. The lowest BCUT2D eigenvalue weighted by Gasteiger charge is -2.40. The number of nitrogens with zero attached hydrogens (tertiary/aromatic N) is 1. The molecule has 3 rings (SSSR count). The zero-order chi connectivity index (χ0) is 24.6. The van der Waals surface area contributed by atoms with Gasteiger partial charge in [-0.1, -0.05) is 39.0 Å². The second-order valence-electron chi connectivity index (χ2n) is 9.77. The number of carbonyl (C=O) groups excluding carboxylic acids is 1. The molecule has 1 aliphatic heterocycles. The summed E-state index contributed by atoms with van der Waals surface area (Å²) in [4.78, 5) is 38.5. The van der Waals surface area contributed by atoms with Gasteiger partial charge in [-0.25, -0.2) is 14.0 Å². The van der Waals surface area contributed by atoms with Gasteiger partial charge < -0.3 is 13.9 Å². The van der Waals surface area contributed by atoms with Crippen LogP contribution in [0.25, 0.3) is 0 Å². The lowest BCUT2D eigenvalue weighted by Crippen LogP contribution is -2.50. The first-order valence-corrected chi connectivity index (χ1v) is 13.8. The largest absolute Gasteiger partial charge is 0.456 e. The van der Waals surface area contributed by atoms with Gasteiger partial charge in [-0.2, -0.15) is 0 Å². The second kappa shape index (κ2) is 9.36. The van der Waals surface area contributed by atoms with Crippen molar-refractivity contribution in [2.75, 3.05) is 0 Å². The Labute approximate surface area is 192 Å². The van der Waals surface area contributed by atoms with Gasteiger partial charge in [0.15, 0.2) is 20.7 Å². The van der Waals surface area contributed by atoms with Crippen LogP contribution in [-0.2, 0) is 13.9 Å². The molecule has 5 atom stereocenters. The van der Waals surface area contributed by atoms with Crippen LogP contribution in [0.4, 0.5) is 4.39 Å². The Morgan fingerprint density at radius 2 is 1.82 bits per heavy atom. The Morgan fingerprint density at radius 3 is 2.39 bits per heavy atom. The Balaban J connectivity index is 1.92. The molecule has 0 saturated carbocycles. The maximum Gasteiger partial charge on any atom is 0.338 e. The standard InChI is InChI=1S/C23H31FN2O6Si/c1-14(30-21(28)15-10-8-7-9-11-15)18-19(32-33(5,6)23(2,3)4)17(24)20(31-18)26-13-12-16(27)25-22(26)29/h7-14,17-20H,1-6H3,(H,25,27,29)/t14-,17-,18?,19+,20-/m1/s1. The number of halogens is 1. The number of rotatable bonds is 6. The van der Waals surface area contributed by atoms with Gasteiger partial charge in [-0.3, -0.25) is 14.3 Å². The van der Waals surface area contributed by atoms with Crippen molar-refractivity contribution in [2.24, 2.45) is 0 Å². The molecular formula is C23H31FN2O6Si. The summed E-state index contributed by atoms with van der Waals surface area (Å²) >= 11 is 0. The molecule has 8 nitrogen and oxygen atoms in total. The van der Waals surface area contributed by atoms with Crippen LogP contribution in [0, 0.1) is 0 Å².